The predicted octanol–water partition coefficient (Wildman–Crippen LogP) is 0.212. The normalized spacial score (nSPS) is 10.9. The van der Waals surface area contributed by atoms with Crippen molar-refractivity contribution in [2.45, 2.75) is 6.42 Å². The van der Waals surface area contributed by atoms with Crippen LogP contribution in [0, 0.1) is 10.1 Å². The van der Waals surface area contributed by atoms with Crippen LogP contribution in [0.15, 0.2) is 24.3 Å². The Morgan fingerprint density at radius 3 is 2.33 bits per heavy atom. The van der Waals surface area contributed by atoms with Gasteiger partial charge < -0.3 is 5.73 Å². The molecule has 0 fully saturated rings. The molecule has 0 aliphatic heterocycles. The first-order chi connectivity index (χ1) is 8.30. The van der Waals surface area contributed by atoms with E-state index < -0.39 is 26.6 Å². The summed E-state index contributed by atoms with van der Waals surface area (Å²) in [5.74, 6) is -1.15. The summed E-state index contributed by atoms with van der Waals surface area (Å²) in [6.45, 7) is 0. The third-order valence-corrected chi connectivity index (χ3v) is 3.26. The van der Waals surface area contributed by atoms with Crippen molar-refractivity contribution in [3.05, 3.63) is 34.4 Å². The molecule has 0 bridgehead atoms. The molecule has 1 rings (SSSR count). The zero-order chi connectivity index (χ0) is 13.8. The van der Waals surface area contributed by atoms with Crippen LogP contribution >= 0.6 is 0 Å². The number of non-ortho nitro benzene ring substituents is 1. The Labute approximate surface area is 103 Å². The number of nitrogens with two attached hydrogens (primary N) is 1. The summed E-state index contributed by atoms with van der Waals surface area (Å²) in [7, 11) is -3.68. The number of carbonyl (C=O) groups excluding carboxylic acids is 1. The van der Waals surface area contributed by atoms with E-state index in [1.54, 1.807) is 0 Å². The lowest BCUT2D eigenvalue weighted by molar-refractivity contribution is -0.384. The van der Waals surface area contributed by atoms with E-state index in [2.05, 4.69) is 4.72 Å². The Balaban J connectivity index is 2.72. The van der Waals surface area contributed by atoms with Crippen molar-refractivity contribution in [3.63, 3.8) is 0 Å². The predicted molar refractivity (Wildman–Crippen MR) is 64.3 cm³/mol. The average Bonchev–Trinajstić information content (AvgIpc) is 2.27. The van der Waals surface area contributed by atoms with E-state index in [1.807, 2.05) is 0 Å². The van der Waals surface area contributed by atoms with Crippen molar-refractivity contribution in [2.75, 3.05) is 10.5 Å². The van der Waals surface area contributed by atoms with E-state index in [0.717, 1.165) is 0 Å². The maximum Gasteiger partial charge on any atom is 0.269 e. The molecule has 0 saturated heterocycles. The molecule has 98 valence electrons. The standard InChI is InChI=1S/C9H11N3O5S/c10-9(13)5-6-18(16,17)11-7-1-3-8(4-2-7)12(14)15/h1-4,11H,5-6H2,(H2,10,13). The molecule has 1 aromatic carbocycles. The number of rotatable bonds is 6. The van der Waals surface area contributed by atoms with Gasteiger partial charge in [0.15, 0.2) is 0 Å². The monoisotopic (exact) mass is 273 g/mol. The number of nitrogens with zero attached hydrogens (tertiary/aromatic N) is 1. The van der Waals surface area contributed by atoms with Crippen LogP contribution in [0.1, 0.15) is 6.42 Å². The van der Waals surface area contributed by atoms with Crippen LogP contribution in [-0.4, -0.2) is 25.0 Å². The maximum atomic E-state index is 11.5. The van der Waals surface area contributed by atoms with Gasteiger partial charge in [-0.1, -0.05) is 0 Å². The molecule has 1 aromatic rings. The number of nitro benzene ring substituents is 1. The smallest absolute Gasteiger partial charge is 0.269 e. The summed E-state index contributed by atoms with van der Waals surface area (Å²) in [5, 5.41) is 10.4. The molecule has 0 radical (unpaired) electrons. The van der Waals surface area contributed by atoms with Crippen LogP contribution in [0.25, 0.3) is 0 Å². The average molecular weight is 273 g/mol. The van der Waals surface area contributed by atoms with Crippen molar-refractivity contribution < 1.29 is 18.1 Å². The highest BCUT2D eigenvalue weighted by atomic mass is 32.2. The fourth-order valence-electron chi connectivity index (χ4n) is 1.12. The SMILES string of the molecule is NC(=O)CCS(=O)(=O)Nc1ccc([N+](=O)[O-])cc1. The van der Waals surface area contributed by atoms with Crippen molar-refractivity contribution in [1.29, 1.82) is 0 Å². The van der Waals surface area contributed by atoms with E-state index in [9.17, 15) is 23.3 Å². The molecule has 0 aliphatic rings. The molecule has 0 aromatic heterocycles. The van der Waals surface area contributed by atoms with Gasteiger partial charge in [-0.15, -0.1) is 0 Å². The highest BCUT2D eigenvalue weighted by Gasteiger charge is 2.12. The molecule has 0 spiro atoms. The topological polar surface area (TPSA) is 132 Å². The van der Waals surface area contributed by atoms with E-state index in [4.69, 9.17) is 5.73 Å². The summed E-state index contributed by atoms with van der Waals surface area (Å²) in [5.41, 5.74) is 4.88. The Hall–Kier alpha value is -2.16. The van der Waals surface area contributed by atoms with Crippen LogP contribution in [0.3, 0.4) is 0 Å². The number of hydrogen-bond donors (Lipinski definition) is 2. The number of anilines is 1. The van der Waals surface area contributed by atoms with E-state index >= 15 is 0 Å². The van der Waals surface area contributed by atoms with Crippen LogP contribution < -0.4 is 10.5 Å². The van der Waals surface area contributed by atoms with Crippen LogP contribution in [0.5, 0.6) is 0 Å². The number of hydrogen-bond acceptors (Lipinski definition) is 5. The van der Waals surface area contributed by atoms with Crippen molar-refractivity contribution in [1.82, 2.24) is 0 Å². The lowest BCUT2D eigenvalue weighted by Gasteiger charge is -2.06. The Bertz CT molecular complexity index is 552. The molecule has 9 heteroatoms. The fraction of sp³-hybridized carbons (Fsp3) is 0.222. The molecular weight excluding hydrogens is 262 g/mol. The molecule has 1 amide bonds. The van der Waals surface area contributed by atoms with Gasteiger partial charge >= 0.3 is 0 Å². The Morgan fingerprint density at radius 2 is 1.89 bits per heavy atom. The number of nitro groups is 1. The van der Waals surface area contributed by atoms with E-state index in [0.29, 0.717) is 0 Å². The van der Waals surface area contributed by atoms with Crippen molar-refractivity contribution in [2.24, 2.45) is 5.73 Å². The minimum absolute atomic E-state index is 0.143. The van der Waals surface area contributed by atoms with Crippen LogP contribution in [0.2, 0.25) is 0 Å². The van der Waals surface area contributed by atoms with Gasteiger partial charge in [-0.25, -0.2) is 8.42 Å². The summed E-state index contributed by atoms with van der Waals surface area (Å²) >= 11 is 0. The molecule has 0 aliphatic carbocycles. The van der Waals surface area contributed by atoms with Gasteiger partial charge in [0.1, 0.15) is 0 Å². The number of benzene rings is 1. The number of amides is 1. The first-order valence-electron chi connectivity index (χ1n) is 4.83. The van der Waals surface area contributed by atoms with Gasteiger partial charge in [0.05, 0.1) is 10.7 Å². The second-order valence-corrected chi connectivity index (χ2v) is 5.28. The number of primary amides is 1. The van der Waals surface area contributed by atoms with Gasteiger partial charge in [0.25, 0.3) is 5.69 Å². The summed E-state index contributed by atoms with van der Waals surface area (Å²) in [6.07, 6.45) is -0.289. The van der Waals surface area contributed by atoms with E-state index in [-0.39, 0.29) is 17.8 Å². The highest BCUT2D eigenvalue weighted by molar-refractivity contribution is 7.92. The number of sulfonamides is 1. The third kappa shape index (κ3) is 4.37. The minimum Gasteiger partial charge on any atom is -0.370 e. The third-order valence-electron chi connectivity index (χ3n) is 1.97. The first kappa shape index (κ1) is 13.9. The maximum absolute atomic E-state index is 11.5. The van der Waals surface area contributed by atoms with Crippen molar-refractivity contribution in [3.8, 4) is 0 Å². The summed E-state index contributed by atoms with van der Waals surface area (Å²) in [4.78, 5) is 20.3. The minimum atomic E-state index is -3.68. The van der Waals surface area contributed by atoms with Gasteiger partial charge in [-0.05, 0) is 12.1 Å². The lowest BCUT2D eigenvalue weighted by atomic mass is 10.3. The molecular formula is C9H11N3O5S. The number of carbonyl (C=O) groups is 1. The summed E-state index contributed by atoms with van der Waals surface area (Å²) in [6, 6.07) is 4.87. The number of nitrogens with one attached hydrogen (secondary N) is 1. The Morgan fingerprint density at radius 1 is 1.33 bits per heavy atom. The van der Waals surface area contributed by atoms with Gasteiger partial charge in [-0.2, -0.15) is 0 Å². The molecule has 0 unspecified atom stereocenters. The quantitative estimate of drug-likeness (QED) is 0.564. The van der Waals surface area contributed by atoms with Crippen LogP contribution in [0.4, 0.5) is 11.4 Å². The molecule has 0 heterocycles. The van der Waals surface area contributed by atoms with Crippen LogP contribution in [-0.2, 0) is 14.8 Å². The highest BCUT2D eigenvalue weighted by Crippen LogP contribution is 2.16. The largest absolute Gasteiger partial charge is 0.370 e. The molecule has 8 nitrogen and oxygen atoms in total. The van der Waals surface area contributed by atoms with Gasteiger partial charge in [-0.3, -0.25) is 19.6 Å². The summed E-state index contributed by atoms with van der Waals surface area (Å²) < 4.78 is 25.1. The van der Waals surface area contributed by atoms with Gasteiger partial charge in [0.2, 0.25) is 15.9 Å². The zero-order valence-electron chi connectivity index (χ0n) is 9.20. The molecule has 3 N–H and O–H groups in total. The lowest BCUT2D eigenvalue weighted by Crippen LogP contribution is -2.22. The van der Waals surface area contributed by atoms with Gasteiger partial charge in [0, 0.05) is 24.2 Å². The Kier molecular flexibility index (Phi) is 4.21. The molecule has 0 saturated carbocycles. The second-order valence-electron chi connectivity index (χ2n) is 3.44. The fourth-order valence-corrected chi connectivity index (χ4v) is 2.18. The van der Waals surface area contributed by atoms with E-state index in [1.165, 1.54) is 24.3 Å². The first-order valence-corrected chi connectivity index (χ1v) is 6.48. The van der Waals surface area contributed by atoms with Crippen molar-refractivity contribution >= 4 is 27.3 Å². The second kappa shape index (κ2) is 5.45. The molecule has 0 atom stereocenters. The molecule has 18 heavy (non-hydrogen) atoms. The zero-order valence-corrected chi connectivity index (χ0v) is 10.0.